The fraction of sp³-hybridized carbons (Fsp3) is 0.500. The van der Waals surface area contributed by atoms with E-state index in [4.69, 9.17) is 4.74 Å². The molecular formula is C14H19BrN2O2. The first-order chi connectivity index (χ1) is 9.15. The number of fused-ring (bicyclic) bond motifs is 1. The molecule has 1 aromatic rings. The number of nitrogens with one attached hydrogen (secondary N) is 1. The summed E-state index contributed by atoms with van der Waals surface area (Å²) in [5.74, 6) is 0.933. The summed E-state index contributed by atoms with van der Waals surface area (Å²) in [5, 5.41) is 2.94. The number of carbonyl (C=O) groups is 1. The monoisotopic (exact) mass is 326 g/mol. The number of carbonyl (C=O) groups excluding carboxylic acids is 1. The number of ether oxygens (including phenoxy) is 1. The van der Waals surface area contributed by atoms with Gasteiger partial charge in [0.2, 0.25) is 0 Å². The second-order valence-corrected chi connectivity index (χ2v) is 5.40. The van der Waals surface area contributed by atoms with E-state index < -0.39 is 0 Å². The van der Waals surface area contributed by atoms with Crippen LogP contribution in [0.25, 0.3) is 0 Å². The number of hydrogen-bond donors (Lipinski definition) is 1. The molecule has 1 aliphatic rings. The third-order valence-corrected chi connectivity index (χ3v) is 3.76. The van der Waals surface area contributed by atoms with Crippen molar-refractivity contribution in [1.82, 2.24) is 10.2 Å². The number of amides is 2. The van der Waals surface area contributed by atoms with Crippen molar-refractivity contribution in [3.05, 3.63) is 27.7 Å². The van der Waals surface area contributed by atoms with Crippen LogP contribution >= 0.6 is 15.9 Å². The van der Waals surface area contributed by atoms with Crippen LogP contribution in [0.4, 0.5) is 4.79 Å². The maximum Gasteiger partial charge on any atom is 0.317 e. The minimum atomic E-state index is -0.0308. The molecule has 1 heterocycles. The summed E-state index contributed by atoms with van der Waals surface area (Å²) in [6.07, 6.45) is 0.936. The van der Waals surface area contributed by atoms with Crippen molar-refractivity contribution in [2.75, 3.05) is 19.7 Å². The van der Waals surface area contributed by atoms with Gasteiger partial charge in [0.25, 0.3) is 0 Å². The lowest BCUT2D eigenvalue weighted by Crippen LogP contribution is -2.39. The molecule has 0 aromatic heterocycles. The van der Waals surface area contributed by atoms with E-state index in [-0.39, 0.29) is 6.03 Å². The first-order valence-electron chi connectivity index (χ1n) is 6.62. The van der Waals surface area contributed by atoms with Gasteiger partial charge >= 0.3 is 6.03 Å². The third-order valence-electron chi connectivity index (χ3n) is 3.31. The fourth-order valence-corrected chi connectivity index (χ4v) is 2.82. The van der Waals surface area contributed by atoms with Gasteiger partial charge in [0.05, 0.1) is 6.61 Å². The molecule has 19 heavy (non-hydrogen) atoms. The Hall–Kier alpha value is -1.23. The predicted octanol–water partition coefficient (Wildman–Crippen LogP) is 2.94. The highest BCUT2D eigenvalue weighted by Gasteiger charge is 2.18. The van der Waals surface area contributed by atoms with Crippen molar-refractivity contribution in [2.45, 2.75) is 26.8 Å². The summed E-state index contributed by atoms with van der Waals surface area (Å²) < 4.78 is 6.68. The molecule has 4 nitrogen and oxygen atoms in total. The van der Waals surface area contributed by atoms with E-state index >= 15 is 0 Å². The van der Waals surface area contributed by atoms with Crippen LogP contribution in [0.15, 0.2) is 16.6 Å². The predicted molar refractivity (Wildman–Crippen MR) is 78.5 cm³/mol. The molecule has 104 valence electrons. The van der Waals surface area contributed by atoms with Crippen molar-refractivity contribution in [3.8, 4) is 5.75 Å². The molecule has 0 saturated carbocycles. The Bertz CT molecular complexity index is 473. The second kappa shape index (κ2) is 6.28. The number of halogens is 1. The van der Waals surface area contributed by atoms with Crippen LogP contribution < -0.4 is 10.1 Å². The maximum atomic E-state index is 11.9. The van der Waals surface area contributed by atoms with Crippen LogP contribution in [-0.4, -0.2) is 30.6 Å². The lowest BCUT2D eigenvalue weighted by Gasteiger charge is -2.19. The van der Waals surface area contributed by atoms with Gasteiger partial charge in [-0.15, -0.1) is 0 Å². The van der Waals surface area contributed by atoms with Crippen LogP contribution in [0, 0.1) is 0 Å². The summed E-state index contributed by atoms with van der Waals surface area (Å²) in [6.45, 7) is 6.61. The minimum Gasteiger partial charge on any atom is -0.493 e. The molecular weight excluding hydrogens is 308 g/mol. The maximum absolute atomic E-state index is 11.9. The SMILES string of the molecule is CCN(CC)C(=O)NCc1cc(Br)cc2c1OCC2. The van der Waals surface area contributed by atoms with Crippen molar-refractivity contribution >= 4 is 22.0 Å². The molecule has 1 aliphatic heterocycles. The Morgan fingerprint density at radius 2 is 2.16 bits per heavy atom. The van der Waals surface area contributed by atoms with E-state index in [0.29, 0.717) is 6.54 Å². The van der Waals surface area contributed by atoms with E-state index in [9.17, 15) is 4.79 Å². The lowest BCUT2D eigenvalue weighted by atomic mass is 10.1. The van der Waals surface area contributed by atoms with Crippen LogP contribution in [0.5, 0.6) is 5.75 Å². The summed E-state index contributed by atoms with van der Waals surface area (Å²) in [4.78, 5) is 13.7. The first kappa shape index (κ1) is 14.2. The number of nitrogens with zero attached hydrogens (tertiary/aromatic N) is 1. The summed E-state index contributed by atoms with van der Waals surface area (Å²) in [7, 11) is 0. The Labute approximate surface area is 122 Å². The van der Waals surface area contributed by atoms with Gasteiger partial charge in [0.15, 0.2) is 0 Å². The Morgan fingerprint density at radius 1 is 1.42 bits per heavy atom. The molecule has 0 bridgehead atoms. The molecule has 1 aromatic carbocycles. The van der Waals surface area contributed by atoms with E-state index in [0.717, 1.165) is 41.9 Å². The summed E-state index contributed by atoms with van der Waals surface area (Å²) in [6, 6.07) is 4.06. The van der Waals surface area contributed by atoms with Gasteiger partial charge in [-0.05, 0) is 31.5 Å². The van der Waals surface area contributed by atoms with E-state index in [1.165, 1.54) is 5.56 Å². The summed E-state index contributed by atoms with van der Waals surface area (Å²) >= 11 is 3.50. The van der Waals surface area contributed by atoms with E-state index in [1.54, 1.807) is 4.90 Å². The highest BCUT2D eigenvalue weighted by atomic mass is 79.9. The van der Waals surface area contributed by atoms with Crippen molar-refractivity contribution in [2.24, 2.45) is 0 Å². The van der Waals surface area contributed by atoms with Crippen LogP contribution in [0.1, 0.15) is 25.0 Å². The van der Waals surface area contributed by atoms with Crippen molar-refractivity contribution < 1.29 is 9.53 Å². The fourth-order valence-electron chi connectivity index (χ4n) is 2.27. The zero-order valence-corrected chi connectivity index (χ0v) is 12.9. The molecule has 5 heteroatoms. The number of rotatable bonds is 4. The first-order valence-corrected chi connectivity index (χ1v) is 7.41. The van der Waals surface area contributed by atoms with Crippen molar-refractivity contribution in [1.29, 1.82) is 0 Å². The number of benzene rings is 1. The molecule has 1 N–H and O–H groups in total. The van der Waals surface area contributed by atoms with Gasteiger partial charge in [0, 0.05) is 36.1 Å². The largest absolute Gasteiger partial charge is 0.493 e. The lowest BCUT2D eigenvalue weighted by molar-refractivity contribution is 0.202. The molecule has 0 spiro atoms. The van der Waals surface area contributed by atoms with Gasteiger partial charge in [-0.1, -0.05) is 15.9 Å². The highest BCUT2D eigenvalue weighted by molar-refractivity contribution is 9.10. The minimum absolute atomic E-state index is 0.0308. The summed E-state index contributed by atoms with van der Waals surface area (Å²) in [5.41, 5.74) is 2.24. The molecule has 0 unspecified atom stereocenters. The van der Waals surface area contributed by atoms with E-state index in [1.807, 2.05) is 19.9 Å². The molecule has 0 atom stereocenters. The Balaban J connectivity index is 2.06. The molecule has 0 saturated heterocycles. The number of hydrogen-bond acceptors (Lipinski definition) is 2. The van der Waals surface area contributed by atoms with Gasteiger partial charge in [-0.25, -0.2) is 4.79 Å². The van der Waals surface area contributed by atoms with Crippen molar-refractivity contribution in [3.63, 3.8) is 0 Å². The number of urea groups is 1. The topological polar surface area (TPSA) is 41.6 Å². The smallest absolute Gasteiger partial charge is 0.317 e. The standard InChI is InChI=1S/C14H19BrN2O2/c1-3-17(4-2)14(18)16-9-11-8-12(15)7-10-5-6-19-13(10)11/h7-8H,3-6,9H2,1-2H3,(H,16,18). The second-order valence-electron chi connectivity index (χ2n) is 4.48. The van der Waals surface area contributed by atoms with Crippen LogP contribution in [-0.2, 0) is 13.0 Å². The molecule has 0 aliphatic carbocycles. The molecule has 2 amide bonds. The van der Waals surface area contributed by atoms with Gasteiger partial charge in [0.1, 0.15) is 5.75 Å². The molecule has 0 fully saturated rings. The molecule has 0 radical (unpaired) electrons. The van der Waals surface area contributed by atoms with Gasteiger partial charge in [-0.3, -0.25) is 0 Å². The van der Waals surface area contributed by atoms with Gasteiger partial charge in [-0.2, -0.15) is 0 Å². The Morgan fingerprint density at radius 3 is 2.84 bits per heavy atom. The quantitative estimate of drug-likeness (QED) is 0.924. The Kier molecular flexibility index (Phi) is 4.69. The zero-order valence-electron chi connectivity index (χ0n) is 11.3. The average Bonchev–Trinajstić information content (AvgIpc) is 2.85. The van der Waals surface area contributed by atoms with E-state index in [2.05, 4.69) is 27.3 Å². The third kappa shape index (κ3) is 3.21. The van der Waals surface area contributed by atoms with Crippen LogP contribution in [0.3, 0.4) is 0 Å². The normalized spacial score (nSPS) is 12.8. The zero-order chi connectivity index (χ0) is 13.8. The average molecular weight is 327 g/mol. The van der Waals surface area contributed by atoms with Crippen LogP contribution in [0.2, 0.25) is 0 Å². The molecule has 2 rings (SSSR count). The highest BCUT2D eigenvalue weighted by Crippen LogP contribution is 2.32. The van der Waals surface area contributed by atoms with Gasteiger partial charge < -0.3 is 15.0 Å².